The SMILES string of the molecule is O=C(NCCCc1ccc(N2CCOCC2)cc1)c1ccc(Br)o1. The summed E-state index contributed by atoms with van der Waals surface area (Å²) in [6.07, 6.45) is 1.83. The van der Waals surface area contributed by atoms with E-state index in [1.165, 1.54) is 11.3 Å². The number of anilines is 1. The van der Waals surface area contributed by atoms with Crippen molar-refractivity contribution in [1.29, 1.82) is 0 Å². The van der Waals surface area contributed by atoms with Crippen molar-refractivity contribution in [2.24, 2.45) is 0 Å². The Bertz CT molecular complexity index is 663. The Labute approximate surface area is 150 Å². The summed E-state index contributed by atoms with van der Waals surface area (Å²) in [4.78, 5) is 14.2. The Kier molecular flexibility index (Phi) is 5.93. The van der Waals surface area contributed by atoms with E-state index < -0.39 is 0 Å². The van der Waals surface area contributed by atoms with E-state index in [-0.39, 0.29) is 5.91 Å². The van der Waals surface area contributed by atoms with Crippen LogP contribution in [-0.4, -0.2) is 38.8 Å². The standard InChI is InChI=1S/C18H21BrN2O3/c19-17-8-7-16(24-17)18(22)20-9-1-2-14-3-5-15(6-4-14)21-10-12-23-13-11-21/h3-8H,1-2,9-13H2,(H,20,22). The number of benzene rings is 1. The van der Waals surface area contributed by atoms with E-state index >= 15 is 0 Å². The number of nitrogens with one attached hydrogen (secondary N) is 1. The van der Waals surface area contributed by atoms with Gasteiger partial charge in [-0.3, -0.25) is 4.79 Å². The number of morpholine rings is 1. The molecule has 1 aliphatic heterocycles. The molecule has 1 N–H and O–H groups in total. The van der Waals surface area contributed by atoms with Crippen molar-refractivity contribution >= 4 is 27.5 Å². The second kappa shape index (κ2) is 8.35. The van der Waals surface area contributed by atoms with Gasteiger partial charge >= 0.3 is 0 Å². The van der Waals surface area contributed by atoms with Crippen LogP contribution >= 0.6 is 15.9 Å². The lowest BCUT2D eigenvalue weighted by atomic mass is 10.1. The molecule has 0 saturated carbocycles. The maximum absolute atomic E-state index is 11.8. The third-order valence-electron chi connectivity index (χ3n) is 4.04. The molecule has 1 aliphatic rings. The minimum absolute atomic E-state index is 0.177. The fourth-order valence-electron chi connectivity index (χ4n) is 2.71. The summed E-state index contributed by atoms with van der Waals surface area (Å²) in [6, 6.07) is 12.0. The predicted molar refractivity (Wildman–Crippen MR) is 96.5 cm³/mol. The zero-order valence-corrected chi connectivity index (χ0v) is 15.0. The topological polar surface area (TPSA) is 54.7 Å². The maximum Gasteiger partial charge on any atom is 0.287 e. The molecule has 0 spiro atoms. The zero-order valence-electron chi connectivity index (χ0n) is 13.5. The lowest BCUT2D eigenvalue weighted by Crippen LogP contribution is -2.36. The third kappa shape index (κ3) is 4.61. The lowest BCUT2D eigenvalue weighted by Gasteiger charge is -2.28. The van der Waals surface area contributed by atoms with Crippen molar-refractivity contribution in [1.82, 2.24) is 5.32 Å². The van der Waals surface area contributed by atoms with Crippen LogP contribution in [0.2, 0.25) is 0 Å². The molecule has 5 nitrogen and oxygen atoms in total. The molecular weight excluding hydrogens is 372 g/mol. The Morgan fingerprint density at radius 3 is 2.54 bits per heavy atom. The summed E-state index contributed by atoms with van der Waals surface area (Å²) in [7, 11) is 0. The van der Waals surface area contributed by atoms with Crippen LogP contribution in [0, 0.1) is 0 Å². The van der Waals surface area contributed by atoms with Crippen LogP contribution in [0.3, 0.4) is 0 Å². The van der Waals surface area contributed by atoms with Crippen LogP contribution in [0.5, 0.6) is 0 Å². The van der Waals surface area contributed by atoms with Crippen LogP contribution in [-0.2, 0) is 11.2 Å². The van der Waals surface area contributed by atoms with E-state index in [0.29, 0.717) is 17.0 Å². The minimum atomic E-state index is -0.177. The molecule has 2 heterocycles. The first-order valence-electron chi connectivity index (χ1n) is 8.17. The highest BCUT2D eigenvalue weighted by Crippen LogP contribution is 2.17. The summed E-state index contributed by atoms with van der Waals surface area (Å²) >= 11 is 3.19. The van der Waals surface area contributed by atoms with Crippen molar-refractivity contribution < 1.29 is 13.9 Å². The number of hydrogen-bond acceptors (Lipinski definition) is 4. The largest absolute Gasteiger partial charge is 0.444 e. The van der Waals surface area contributed by atoms with Gasteiger partial charge in [0.2, 0.25) is 0 Å². The van der Waals surface area contributed by atoms with E-state index in [0.717, 1.165) is 39.1 Å². The normalized spacial score (nSPS) is 14.6. The maximum atomic E-state index is 11.8. The Morgan fingerprint density at radius 1 is 1.12 bits per heavy atom. The second-order valence-corrected chi connectivity index (χ2v) is 6.51. The summed E-state index contributed by atoms with van der Waals surface area (Å²) in [5, 5.41) is 2.87. The highest BCUT2D eigenvalue weighted by molar-refractivity contribution is 9.10. The molecular formula is C18H21BrN2O3. The van der Waals surface area contributed by atoms with Crippen molar-refractivity contribution in [2.75, 3.05) is 37.7 Å². The van der Waals surface area contributed by atoms with Gasteiger partial charge in [0, 0.05) is 25.3 Å². The molecule has 1 saturated heterocycles. The molecule has 1 fully saturated rings. The van der Waals surface area contributed by atoms with E-state index in [2.05, 4.69) is 50.4 Å². The average Bonchev–Trinajstić information content (AvgIpc) is 3.06. The van der Waals surface area contributed by atoms with Gasteiger partial charge in [-0.1, -0.05) is 12.1 Å². The average molecular weight is 393 g/mol. The number of carbonyl (C=O) groups excluding carboxylic acids is 1. The first-order chi connectivity index (χ1) is 11.7. The van der Waals surface area contributed by atoms with Gasteiger partial charge in [0.15, 0.2) is 10.4 Å². The highest BCUT2D eigenvalue weighted by atomic mass is 79.9. The van der Waals surface area contributed by atoms with Crippen molar-refractivity contribution in [3.05, 3.63) is 52.4 Å². The van der Waals surface area contributed by atoms with Gasteiger partial charge < -0.3 is 19.4 Å². The monoisotopic (exact) mass is 392 g/mol. The Balaban J connectivity index is 1.41. The number of hydrogen-bond donors (Lipinski definition) is 1. The molecule has 1 aromatic carbocycles. The Hall–Kier alpha value is -1.79. The molecule has 6 heteroatoms. The predicted octanol–water partition coefficient (Wildman–Crippen LogP) is 3.24. The van der Waals surface area contributed by atoms with Gasteiger partial charge in [-0.05, 0) is 58.6 Å². The fourth-order valence-corrected chi connectivity index (χ4v) is 3.02. The van der Waals surface area contributed by atoms with E-state index in [1.54, 1.807) is 12.1 Å². The molecule has 0 unspecified atom stereocenters. The molecule has 0 bridgehead atoms. The highest BCUT2D eigenvalue weighted by Gasteiger charge is 2.11. The number of aryl methyl sites for hydroxylation is 1. The molecule has 1 amide bonds. The van der Waals surface area contributed by atoms with Crippen LogP contribution in [0.15, 0.2) is 45.5 Å². The molecule has 0 aliphatic carbocycles. The minimum Gasteiger partial charge on any atom is -0.444 e. The van der Waals surface area contributed by atoms with Crippen molar-refractivity contribution in [2.45, 2.75) is 12.8 Å². The molecule has 24 heavy (non-hydrogen) atoms. The number of halogens is 1. The van der Waals surface area contributed by atoms with Gasteiger partial charge in [-0.25, -0.2) is 0 Å². The fraction of sp³-hybridized carbons (Fsp3) is 0.389. The van der Waals surface area contributed by atoms with Gasteiger partial charge in [0.25, 0.3) is 5.91 Å². The van der Waals surface area contributed by atoms with Crippen molar-refractivity contribution in [3.8, 4) is 0 Å². The summed E-state index contributed by atoms with van der Waals surface area (Å²) in [5.41, 5.74) is 2.53. The van der Waals surface area contributed by atoms with E-state index in [9.17, 15) is 4.79 Å². The third-order valence-corrected chi connectivity index (χ3v) is 4.46. The quantitative estimate of drug-likeness (QED) is 0.766. The number of furan rings is 1. The number of nitrogens with zero attached hydrogens (tertiary/aromatic N) is 1. The van der Waals surface area contributed by atoms with Gasteiger partial charge in [-0.2, -0.15) is 0 Å². The van der Waals surface area contributed by atoms with Crippen LogP contribution < -0.4 is 10.2 Å². The molecule has 0 radical (unpaired) electrons. The smallest absolute Gasteiger partial charge is 0.287 e. The van der Waals surface area contributed by atoms with E-state index in [4.69, 9.17) is 9.15 Å². The summed E-state index contributed by atoms with van der Waals surface area (Å²) in [6.45, 7) is 4.13. The number of ether oxygens (including phenoxy) is 1. The first kappa shape index (κ1) is 17.0. The van der Waals surface area contributed by atoms with Crippen LogP contribution in [0.1, 0.15) is 22.5 Å². The molecule has 128 valence electrons. The van der Waals surface area contributed by atoms with Gasteiger partial charge in [0.1, 0.15) is 0 Å². The summed E-state index contributed by atoms with van der Waals surface area (Å²) in [5.74, 6) is 0.153. The number of rotatable bonds is 6. The van der Waals surface area contributed by atoms with Gasteiger partial charge in [-0.15, -0.1) is 0 Å². The van der Waals surface area contributed by atoms with Gasteiger partial charge in [0.05, 0.1) is 13.2 Å². The first-order valence-corrected chi connectivity index (χ1v) is 8.97. The second-order valence-electron chi connectivity index (χ2n) is 5.73. The lowest BCUT2D eigenvalue weighted by molar-refractivity contribution is 0.0924. The molecule has 0 atom stereocenters. The molecule has 3 rings (SSSR count). The van der Waals surface area contributed by atoms with Crippen molar-refractivity contribution in [3.63, 3.8) is 0 Å². The van der Waals surface area contributed by atoms with E-state index in [1.807, 2.05) is 0 Å². The zero-order chi connectivity index (χ0) is 16.8. The number of amides is 1. The Morgan fingerprint density at radius 2 is 1.88 bits per heavy atom. The number of carbonyl (C=O) groups is 1. The molecule has 1 aromatic heterocycles. The van der Waals surface area contributed by atoms with Crippen LogP contribution in [0.4, 0.5) is 5.69 Å². The van der Waals surface area contributed by atoms with Crippen LogP contribution in [0.25, 0.3) is 0 Å². The molecule has 2 aromatic rings. The summed E-state index contributed by atoms with van der Waals surface area (Å²) < 4.78 is 11.2.